The van der Waals surface area contributed by atoms with Crippen LogP contribution in [0.15, 0.2) is 24.3 Å². The van der Waals surface area contributed by atoms with Gasteiger partial charge in [0.2, 0.25) is 17.7 Å². The van der Waals surface area contributed by atoms with Crippen molar-refractivity contribution in [2.45, 2.75) is 24.1 Å². The third kappa shape index (κ3) is 5.85. The third-order valence-electron chi connectivity index (χ3n) is 3.16. The lowest BCUT2D eigenvalue weighted by molar-refractivity contribution is -0.274. The Morgan fingerprint density at radius 3 is 2.48 bits per heavy atom. The SMILES string of the molecule is NC(=O)[C@H]1CS[C@H](CC(=O)Nc2ccc(OC(F)(F)F)cc2)C(=O)N1. The van der Waals surface area contributed by atoms with Crippen LogP contribution >= 0.6 is 11.8 Å². The second kappa shape index (κ2) is 7.64. The molecule has 1 aliphatic heterocycles. The maximum atomic E-state index is 12.1. The summed E-state index contributed by atoms with van der Waals surface area (Å²) in [5, 5.41) is 4.22. The Balaban J connectivity index is 1.86. The van der Waals surface area contributed by atoms with Gasteiger partial charge in [-0.3, -0.25) is 14.4 Å². The largest absolute Gasteiger partial charge is 0.573 e. The van der Waals surface area contributed by atoms with E-state index in [2.05, 4.69) is 15.4 Å². The first-order valence-electron chi connectivity index (χ1n) is 7.01. The summed E-state index contributed by atoms with van der Waals surface area (Å²) in [6, 6.07) is 3.84. The van der Waals surface area contributed by atoms with Crippen LogP contribution in [0.1, 0.15) is 6.42 Å². The number of hydrogen-bond donors (Lipinski definition) is 3. The molecule has 0 bridgehead atoms. The quantitative estimate of drug-likeness (QED) is 0.709. The third-order valence-corrected chi connectivity index (χ3v) is 4.47. The second-order valence-electron chi connectivity index (χ2n) is 5.11. The fourth-order valence-corrected chi connectivity index (χ4v) is 3.18. The van der Waals surface area contributed by atoms with E-state index in [1.165, 1.54) is 12.1 Å². The van der Waals surface area contributed by atoms with Crippen LogP contribution in [-0.2, 0) is 14.4 Å². The Bertz CT molecular complexity index is 666. The number of primary amides is 1. The van der Waals surface area contributed by atoms with Gasteiger partial charge in [0, 0.05) is 17.9 Å². The first kappa shape index (κ1) is 18.9. The number of hydrogen-bond acceptors (Lipinski definition) is 5. The molecule has 1 aromatic carbocycles. The second-order valence-corrected chi connectivity index (χ2v) is 6.35. The Morgan fingerprint density at radius 1 is 1.32 bits per heavy atom. The van der Waals surface area contributed by atoms with Crippen LogP contribution in [0.25, 0.3) is 0 Å². The molecule has 0 radical (unpaired) electrons. The molecule has 2 atom stereocenters. The predicted octanol–water partition coefficient (Wildman–Crippen LogP) is 0.999. The maximum Gasteiger partial charge on any atom is 0.573 e. The highest BCUT2D eigenvalue weighted by Crippen LogP contribution is 2.25. The highest BCUT2D eigenvalue weighted by Gasteiger charge is 2.33. The zero-order chi connectivity index (χ0) is 18.6. The number of carbonyl (C=O) groups is 3. The minimum Gasteiger partial charge on any atom is -0.406 e. The van der Waals surface area contributed by atoms with Crippen LogP contribution in [0.4, 0.5) is 18.9 Å². The first-order valence-corrected chi connectivity index (χ1v) is 8.06. The summed E-state index contributed by atoms with van der Waals surface area (Å²) >= 11 is 1.14. The van der Waals surface area contributed by atoms with Gasteiger partial charge in [-0.1, -0.05) is 0 Å². The molecule has 1 aromatic rings. The number of nitrogens with one attached hydrogen (secondary N) is 2. The van der Waals surface area contributed by atoms with Crippen LogP contribution in [0.2, 0.25) is 0 Å². The normalized spacial score (nSPS) is 20.5. The molecule has 4 N–H and O–H groups in total. The van der Waals surface area contributed by atoms with Crippen LogP contribution in [0, 0.1) is 0 Å². The fraction of sp³-hybridized carbons (Fsp3) is 0.357. The molecule has 25 heavy (non-hydrogen) atoms. The van der Waals surface area contributed by atoms with E-state index in [9.17, 15) is 27.6 Å². The van der Waals surface area contributed by atoms with Crippen molar-refractivity contribution >= 4 is 35.2 Å². The molecule has 2 rings (SSSR count). The molecule has 0 aliphatic carbocycles. The van der Waals surface area contributed by atoms with Gasteiger partial charge in [-0.2, -0.15) is 0 Å². The first-order chi connectivity index (χ1) is 11.6. The van der Waals surface area contributed by atoms with E-state index in [1.54, 1.807) is 0 Å². The van der Waals surface area contributed by atoms with Gasteiger partial charge in [0.25, 0.3) is 0 Å². The number of ether oxygens (including phenoxy) is 1. The van der Waals surface area contributed by atoms with E-state index in [0.717, 1.165) is 23.9 Å². The van der Waals surface area contributed by atoms with E-state index in [-0.39, 0.29) is 17.9 Å². The zero-order valence-electron chi connectivity index (χ0n) is 12.6. The average molecular weight is 377 g/mol. The van der Waals surface area contributed by atoms with Crippen molar-refractivity contribution in [3.63, 3.8) is 0 Å². The molecule has 1 aliphatic rings. The van der Waals surface area contributed by atoms with Crippen LogP contribution in [-0.4, -0.2) is 41.1 Å². The van der Waals surface area contributed by atoms with Gasteiger partial charge in [-0.25, -0.2) is 0 Å². The van der Waals surface area contributed by atoms with Gasteiger partial charge in [-0.05, 0) is 24.3 Å². The Hall–Kier alpha value is -2.43. The average Bonchev–Trinajstić information content (AvgIpc) is 2.49. The molecule has 1 heterocycles. The summed E-state index contributed by atoms with van der Waals surface area (Å²) in [6.45, 7) is 0. The lowest BCUT2D eigenvalue weighted by Crippen LogP contribution is -2.53. The number of thioether (sulfide) groups is 1. The summed E-state index contributed by atoms with van der Waals surface area (Å²) in [4.78, 5) is 34.8. The fourth-order valence-electron chi connectivity index (χ4n) is 2.02. The highest BCUT2D eigenvalue weighted by atomic mass is 32.2. The molecule has 1 saturated heterocycles. The number of halogens is 3. The standard InChI is InChI=1S/C14H14F3N3O4S/c15-14(16,17)24-8-3-1-7(2-4-8)19-11(21)5-10-13(23)20-9(6-25-10)12(18)22/h1-4,9-10H,5-6H2,(H2,18,22)(H,19,21)(H,20,23)/t9-,10-/m1/s1. The molecular weight excluding hydrogens is 363 g/mol. The van der Waals surface area contributed by atoms with Crippen molar-refractivity contribution in [3.8, 4) is 5.75 Å². The highest BCUT2D eigenvalue weighted by molar-refractivity contribution is 8.00. The van der Waals surface area contributed by atoms with Crippen molar-refractivity contribution in [1.29, 1.82) is 0 Å². The number of carbonyl (C=O) groups excluding carboxylic acids is 3. The van der Waals surface area contributed by atoms with Gasteiger partial charge >= 0.3 is 6.36 Å². The van der Waals surface area contributed by atoms with Crippen molar-refractivity contribution in [1.82, 2.24) is 5.32 Å². The van der Waals surface area contributed by atoms with E-state index in [1.807, 2.05) is 0 Å². The van der Waals surface area contributed by atoms with Crippen LogP contribution in [0.5, 0.6) is 5.75 Å². The Labute approximate surface area is 144 Å². The van der Waals surface area contributed by atoms with Gasteiger partial charge < -0.3 is 21.1 Å². The van der Waals surface area contributed by atoms with Gasteiger partial charge in [0.1, 0.15) is 11.8 Å². The van der Waals surface area contributed by atoms with E-state index < -0.39 is 41.1 Å². The van der Waals surface area contributed by atoms with E-state index in [4.69, 9.17) is 5.73 Å². The lowest BCUT2D eigenvalue weighted by Gasteiger charge is -2.26. The topological polar surface area (TPSA) is 111 Å². The molecule has 0 saturated carbocycles. The molecule has 7 nitrogen and oxygen atoms in total. The van der Waals surface area contributed by atoms with Crippen molar-refractivity contribution < 1.29 is 32.3 Å². The van der Waals surface area contributed by atoms with Crippen molar-refractivity contribution in [2.75, 3.05) is 11.1 Å². The minimum absolute atomic E-state index is 0.150. The van der Waals surface area contributed by atoms with Crippen molar-refractivity contribution in [3.05, 3.63) is 24.3 Å². The number of anilines is 1. The summed E-state index contributed by atoms with van der Waals surface area (Å²) in [5.74, 6) is -1.75. The number of nitrogens with two attached hydrogens (primary N) is 1. The van der Waals surface area contributed by atoms with Gasteiger partial charge in [0.15, 0.2) is 0 Å². The van der Waals surface area contributed by atoms with Gasteiger partial charge in [0.05, 0.1) is 5.25 Å². The number of benzene rings is 1. The molecular formula is C14H14F3N3O4S. The van der Waals surface area contributed by atoms with Crippen molar-refractivity contribution in [2.24, 2.45) is 5.73 Å². The van der Waals surface area contributed by atoms with Crippen LogP contribution in [0.3, 0.4) is 0 Å². The molecule has 0 unspecified atom stereocenters. The van der Waals surface area contributed by atoms with Crippen LogP contribution < -0.4 is 21.1 Å². The molecule has 11 heteroatoms. The maximum absolute atomic E-state index is 12.1. The lowest BCUT2D eigenvalue weighted by atomic mass is 10.2. The minimum atomic E-state index is -4.79. The number of rotatable bonds is 5. The monoisotopic (exact) mass is 377 g/mol. The summed E-state index contributed by atoms with van der Waals surface area (Å²) in [5.41, 5.74) is 5.36. The Morgan fingerprint density at radius 2 is 1.96 bits per heavy atom. The molecule has 1 fully saturated rings. The zero-order valence-corrected chi connectivity index (χ0v) is 13.4. The van der Waals surface area contributed by atoms with E-state index >= 15 is 0 Å². The molecule has 136 valence electrons. The smallest absolute Gasteiger partial charge is 0.406 e. The Kier molecular flexibility index (Phi) is 5.77. The molecule has 3 amide bonds. The summed E-state index contributed by atoms with van der Waals surface area (Å²) < 4.78 is 39.9. The summed E-state index contributed by atoms with van der Waals surface area (Å²) in [6.07, 6.45) is -4.94. The van der Waals surface area contributed by atoms with Gasteiger partial charge in [-0.15, -0.1) is 24.9 Å². The number of alkyl halides is 3. The van der Waals surface area contributed by atoms with E-state index in [0.29, 0.717) is 0 Å². The number of amides is 3. The molecule has 0 spiro atoms. The molecule has 0 aromatic heterocycles. The summed E-state index contributed by atoms with van der Waals surface area (Å²) in [7, 11) is 0. The predicted molar refractivity (Wildman–Crippen MR) is 83.7 cm³/mol.